The van der Waals surface area contributed by atoms with Crippen LogP contribution in [-0.4, -0.2) is 24.9 Å². The lowest BCUT2D eigenvalue weighted by molar-refractivity contribution is -0.135. The molecule has 0 saturated carbocycles. The second kappa shape index (κ2) is 8.71. The van der Waals surface area contributed by atoms with E-state index in [-0.39, 0.29) is 11.8 Å². The minimum Gasteiger partial charge on any atom is -0.372 e. The zero-order valence-corrected chi connectivity index (χ0v) is 16.8. The van der Waals surface area contributed by atoms with Crippen LogP contribution in [0.3, 0.4) is 0 Å². The van der Waals surface area contributed by atoms with Crippen LogP contribution in [0.15, 0.2) is 48.5 Å². The Morgan fingerprint density at radius 3 is 1.63 bits per heavy atom. The van der Waals surface area contributed by atoms with E-state index in [1.165, 1.54) is 0 Å². The van der Waals surface area contributed by atoms with Gasteiger partial charge >= 0.3 is 0 Å². The Kier molecular flexibility index (Phi) is 6.61. The van der Waals surface area contributed by atoms with Gasteiger partial charge in [0, 0.05) is 30.2 Å². The van der Waals surface area contributed by atoms with E-state index in [1.807, 2.05) is 55.5 Å². The summed E-state index contributed by atoms with van der Waals surface area (Å²) >= 11 is 0. The number of hydrogen-bond acceptors (Lipinski definition) is 3. The number of nitrogens with zero attached hydrogens (tertiary/aromatic N) is 1. The summed E-state index contributed by atoms with van der Waals surface area (Å²) in [5.74, 6) is -0.689. The van der Waals surface area contributed by atoms with Crippen LogP contribution in [0.4, 0.5) is 17.1 Å². The van der Waals surface area contributed by atoms with Crippen molar-refractivity contribution < 1.29 is 9.59 Å². The summed E-state index contributed by atoms with van der Waals surface area (Å²) < 4.78 is 0. The van der Waals surface area contributed by atoms with E-state index in [4.69, 9.17) is 0 Å². The molecule has 5 nitrogen and oxygen atoms in total. The van der Waals surface area contributed by atoms with Crippen molar-refractivity contribution in [1.82, 2.24) is 0 Å². The second-order valence-corrected chi connectivity index (χ2v) is 7.12. The molecule has 0 aliphatic rings. The lowest BCUT2D eigenvalue weighted by Gasteiger charge is -2.24. The minimum absolute atomic E-state index is 0.344. The molecule has 0 saturated heterocycles. The largest absolute Gasteiger partial charge is 0.372 e. The van der Waals surface area contributed by atoms with E-state index in [2.05, 4.69) is 29.4 Å². The average Bonchev–Trinajstić information content (AvgIpc) is 2.65. The first-order valence-corrected chi connectivity index (χ1v) is 9.32. The summed E-state index contributed by atoms with van der Waals surface area (Å²) in [5.41, 5.74) is 2.36. The van der Waals surface area contributed by atoms with Crippen LogP contribution in [-0.2, 0) is 9.59 Å². The molecule has 2 aromatic rings. The van der Waals surface area contributed by atoms with Crippen LogP contribution < -0.4 is 15.5 Å². The van der Waals surface area contributed by atoms with Crippen molar-refractivity contribution >= 4 is 28.9 Å². The number of aryl methyl sites for hydroxylation is 1. The summed E-state index contributed by atoms with van der Waals surface area (Å²) in [7, 11) is 0. The van der Waals surface area contributed by atoms with Crippen LogP contribution in [0.2, 0.25) is 0 Å². The Morgan fingerprint density at radius 2 is 1.22 bits per heavy atom. The van der Waals surface area contributed by atoms with Gasteiger partial charge in [-0.1, -0.05) is 17.7 Å². The van der Waals surface area contributed by atoms with Crippen LogP contribution in [0.5, 0.6) is 0 Å². The summed E-state index contributed by atoms with van der Waals surface area (Å²) in [4.78, 5) is 27.5. The molecule has 0 aliphatic heterocycles. The van der Waals surface area contributed by atoms with Crippen molar-refractivity contribution in [3.63, 3.8) is 0 Å². The maximum Gasteiger partial charge on any atom is 0.239 e. The molecule has 0 fully saturated rings. The molecule has 0 heterocycles. The van der Waals surface area contributed by atoms with Crippen molar-refractivity contribution in [2.75, 3.05) is 28.6 Å². The quantitative estimate of drug-likeness (QED) is 0.711. The molecule has 0 unspecified atom stereocenters. The Bertz CT molecular complexity index is 776. The number of nitrogens with one attached hydrogen (secondary N) is 2. The summed E-state index contributed by atoms with van der Waals surface area (Å²) in [6, 6.07) is 15.2. The number of hydrogen-bond donors (Lipinski definition) is 2. The number of carbonyl (C=O) groups is 2. The minimum atomic E-state index is -1.21. The maximum absolute atomic E-state index is 12.7. The summed E-state index contributed by atoms with van der Waals surface area (Å²) in [6.07, 6.45) is 0. The fourth-order valence-electron chi connectivity index (χ4n) is 2.66. The number of anilines is 3. The normalized spacial score (nSPS) is 11.0. The van der Waals surface area contributed by atoms with Crippen molar-refractivity contribution in [3.8, 4) is 0 Å². The van der Waals surface area contributed by atoms with Gasteiger partial charge in [-0.25, -0.2) is 0 Å². The molecule has 2 amide bonds. The Hall–Kier alpha value is -2.82. The van der Waals surface area contributed by atoms with Crippen LogP contribution in [0, 0.1) is 12.3 Å². The highest BCUT2D eigenvalue weighted by molar-refractivity contribution is 6.14. The standard InChI is InChI=1S/C22H29N3O2/c1-6-25(7-2)19-14-12-18(13-15-19)24-21(27)22(4,5)20(26)23-17-10-8-16(3)9-11-17/h8-15H,6-7H2,1-5H3,(H,23,26)(H,24,27). The highest BCUT2D eigenvalue weighted by atomic mass is 16.2. The molecule has 0 atom stereocenters. The van der Waals surface area contributed by atoms with E-state index < -0.39 is 5.41 Å². The average molecular weight is 367 g/mol. The lowest BCUT2D eigenvalue weighted by atomic mass is 9.90. The maximum atomic E-state index is 12.7. The zero-order chi connectivity index (χ0) is 20.0. The molecule has 2 rings (SSSR count). The van der Waals surface area contributed by atoms with Crippen molar-refractivity contribution in [1.29, 1.82) is 0 Å². The van der Waals surface area contributed by atoms with Gasteiger partial charge < -0.3 is 15.5 Å². The van der Waals surface area contributed by atoms with E-state index >= 15 is 0 Å². The third-order valence-corrected chi connectivity index (χ3v) is 4.70. The molecule has 0 bridgehead atoms. The molecule has 0 radical (unpaired) electrons. The van der Waals surface area contributed by atoms with Crippen LogP contribution in [0.1, 0.15) is 33.3 Å². The second-order valence-electron chi connectivity index (χ2n) is 7.12. The fraction of sp³-hybridized carbons (Fsp3) is 0.364. The molecule has 2 aromatic carbocycles. The van der Waals surface area contributed by atoms with Gasteiger partial charge in [0.1, 0.15) is 5.41 Å². The first-order valence-electron chi connectivity index (χ1n) is 9.32. The number of benzene rings is 2. The molecule has 0 aliphatic carbocycles. The number of carbonyl (C=O) groups excluding carboxylic acids is 2. The summed E-state index contributed by atoms with van der Waals surface area (Å²) in [5, 5.41) is 5.65. The molecular weight excluding hydrogens is 338 g/mol. The molecular formula is C22H29N3O2. The van der Waals surface area contributed by atoms with Gasteiger partial charge in [-0.15, -0.1) is 0 Å². The van der Waals surface area contributed by atoms with Crippen molar-refractivity contribution in [3.05, 3.63) is 54.1 Å². The monoisotopic (exact) mass is 367 g/mol. The van der Waals surface area contributed by atoms with Crippen molar-refractivity contribution in [2.24, 2.45) is 5.41 Å². The van der Waals surface area contributed by atoms with Gasteiger partial charge in [0.25, 0.3) is 0 Å². The van der Waals surface area contributed by atoms with E-state index in [0.717, 1.165) is 24.3 Å². The fourth-order valence-corrected chi connectivity index (χ4v) is 2.66. The van der Waals surface area contributed by atoms with Gasteiger partial charge in [-0.05, 0) is 71.0 Å². The number of amides is 2. The predicted molar refractivity (Wildman–Crippen MR) is 112 cm³/mol. The zero-order valence-electron chi connectivity index (χ0n) is 16.8. The van der Waals surface area contributed by atoms with Crippen LogP contribution >= 0.6 is 0 Å². The molecule has 0 aromatic heterocycles. The number of rotatable bonds is 7. The third-order valence-electron chi connectivity index (χ3n) is 4.70. The van der Waals surface area contributed by atoms with Crippen LogP contribution in [0.25, 0.3) is 0 Å². The SMILES string of the molecule is CCN(CC)c1ccc(NC(=O)C(C)(C)C(=O)Nc2ccc(C)cc2)cc1. The molecule has 27 heavy (non-hydrogen) atoms. The molecule has 0 spiro atoms. The molecule has 5 heteroatoms. The van der Waals surface area contributed by atoms with Gasteiger partial charge in [0.05, 0.1) is 0 Å². The van der Waals surface area contributed by atoms with E-state index in [1.54, 1.807) is 13.8 Å². The Labute approximate surface area is 161 Å². The first-order chi connectivity index (χ1) is 12.8. The molecule has 2 N–H and O–H groups in total. The van der Waals surface area contributed by atoms with Gasteiger partial charge in [-0.3, -0.25) is 9.59 Å². The summed E-state index contributed by atoms with van der Waals surface area (Å²) in [6.45, 7) is 11.3. The van der Waals surface area contributed by atoms with Gasteiger partial charge in [0.2, 0.25) is 11.8 Å². The van der Waals surface area contributed by atoms with E-state index in [9.17, 15) is 9.59 Å². The van der Waals surface area contributed by atoms with E-state index in [0.29, 0.717) is 11.4 Å². The third kappa shape index (κ3) is 5.09. The smallest absolute Gasteiger partial charge is 0.239 e. The topological polar surface area (TPSA) is 61.4 Å². The first kappa shape index (κ1) is 20.5. The highest BCUT2D eigenvalue weighted by Crippen LogP contribution is 2.23. The van der Waals surface area contributed by atoms with Gasteiger partial charge in [-0.2, -0.15) is 0 Å². The highest BCUT2D eigenvalue weighted by Gasteiger charge is 2.36. The van der Waals surface area contributed by atoms with Crippen molar-refractivity contribution in [2.45, 2.75) is 34.6 Å². The predicted octanol–water partition coefficient (Wildman–Crippen LogP) is 4.44. The molecule has 144 valence electrons. The Morgan fingerprint density at radius 1 is 0.815 bits per heavy atom. The van der Waals surface area contributed by atoms with Gasteiger partial charge in [0.15, 0.2) is 0 Å². The lowest BCUT2D eigenvalue weighted by Crippen LogP contribution is -2.41. The Balaban J connectivity index is 2.04.